The summed E-state index contributed by atoms with van der Waals surface area (Å²) in [6.07, 6.45) is 0. The molecule has 1 aromatic carbocycles. The molecule has 4 heteroatoms. The van der Waals surface area contributed by atoms with E-state index in [0.717, 1.165) is 11.4 Å². The number of aliphatic hydroxyl groups is 1. The fraction of sp³-hybridized carbons (Fsp3) is 0.500. The number of methoxy groups -OCH3 is 1. The van der Waals surface area contributed by atoms with E-state index in [1.807, 2.05) is 26.0 Å². The van der Waals surface area contributed by atoms with Crippen LogP contribution in [0.2, 0.25) is 0 Å². The first kappa shape index (κ1) is 12.6. The van der Waals surface area contributed by atoms with Crippen LogP contribution in [-0.2, 0) is 0 Å². The number of anilines is 2. The van der Waals surface area contributed by atoms with Crippen molar-refractivity contribution >= 4 is 11.4 Å². The van der Waals surface area contributed by atoms with Crippen molar-refractivity contribution in [1.29, 1.82) is 0 Å². The summed E-state index contributed by atoms with van der Waals surface area (Å²) in [5.41, 5.74) is 7.40. The molecule has 0 fully saturated rings. The molecule has 1 rings (SSSR count). The highest BCUT2D eigenvalue weighted by Crippen LogP contribution is 2.25. The van der Waals surface area contributed by atoms with Crippen molar-refractivity contribution in [2.75, 3.05) is 24.8 Å². The maximum absolute atomic E-state index is 9.04. The van der Waals surface area contributed by atoms with Crippen molar-refractivity contribution in [1.82, 2.24) is 0 Å². The Labute approximate surface area is 96.4 Å². The number of nitrogen functional groups attached to an aromatic ring is 1. The molecular weight excluding hydrogens is 204 g/mol. The lowest BCUT2D eigenvalue weighted by Crippen LogP contribution is -2.26. The molecule has 90 valence electrons. The second-order valence-electron chi connectivity index (χ2n) is 4.05. The molecule has 2 atom stereocenters. The van der Waals surface area contributed by atoms with Crippen LogP contribution in [0, 0.1) is 5.92 Å². The lowest BCUT2D eigenvalue weighted by atomic mass is 10.0. The molecule has 16 heavy (non-hydrogen) atoms. The molecule has 2 unspecified atom stereocenters. The van der Waals surface area contributed by atoms with E-state index in [2.05, 4.69) is 5.32 Å². The van der Waals surface area contributed by atoms with Crippen LogP contribution >= 0.6 is 0 Å². The van der Waals surface area contributed by atoms with Gasteiger partial charge in [-0.3, -0.25) is 0 Å². The number of ether oxygens (including phenoxy) is 1. The van der Waals surface area contributed by atoms with Gasteiger partial charge in [0.2, 0.25) is 0 Å². The normalized spacial score (nSPS) is 14.2. The molecule has 0 heterocycles. The van der Waals surface area contributed by atoms with Crippen molar-refractivity contribution in [2.24, 2.45) is 5.92 Å². The van der Waals surface area contributed by atoms with E-state index in [1.54, 1.807) is 13.2 Å². The molecular formula is C12H20N2O2. The summed E-state index contributed by atoms with van der Waals surface area (Å²) in [6, 6.07) is 5.68. The third-order valence-corrected chi connectivity index (χ3v) is 2.78. The molecule has 0 amide bonds. The number of aliphatic hydroxyl groups excluding tert-OH is 1. The number of hydrogen-bond donors (Lipinski definition) is 3. The average Bonchev–Trinajstić information content (AvgIpc) is 2.30. The van der Waals surface area contributed by atoms with Gasteiger partial charge in [-0.05, 0) is 25.0 Å². The standard InChI is InChI=1S/C12H20N2O2/c1-8(7-15)9(2)14-12-5-4-10(16-3)6-11(12)13/h4-6,8-9,14-15H,7,13H2,1-3H3. The summed E-state index contributed by atoms with van der Waals surface area (Å²) in [5.74, 6) is 0.924. The summed E-state index contributed by atoms with van der Waals surface area (Å²) in [4.78, 5) is 0. The third kappa shape index (κ3) is 3.03. The number of benzene rings is 1. The molecule has 4 nitrogen and oxygen atoms in total. The van der Waals surface area contributed by atoms with Crippen LogP contribution in [0.15, 0.2) is 18.2 Å². The summed E-state index contributed by atoms with van der Waals surface area (Å²) in [5, 5.41) is 12.3. The molecule has 0 aliphatic carbocycles. The SMILES string of the molecule is COc1ccc(NC(C)C(C)CO)c(N)c1. The monoisotopic (exact) mass is 224 g/mol. The Bertz CT molecular complexity index is 342. The molecule has 0 saturated carbocycles. The highest BCUT2D eigenvalue weighted by molar-refractivity contribution is 5.68. The third-order valence-electron chi connectivity index (χ3n) is 2.78. The van der Waals surface area contributed by atoms with Gasteiger partial charge in [-0.2, -0.15) is 0 Å². The molecule has 0 radical (unpaired) electrons. The van der Waals surface area contributed by atoms with Gasteiger partial charge < -0.3 is 20.9 Å². The highest BCUT2D eigenvalue weighted by atomic mass is 16.5. The van der Waals surface area contributed by atoms with E-state index >= 15 is 0 Å². The van der Waals surface area contributed by atoms with E-state index in [-0.39, 0.29) is 18.6 Å². The predicted molar refractivity (Wildman–Crippen MR) is 66.7 cm³/mol. The van der Waals surface area contributed by atoms with Crippen LogP contribution in [0.4, 0.5) is 11.4 Å². The van der Waals surface area contributed by atoms with Crippen LogP contribution < -0.4 is 15.8 Å². The van der Waals surface area contributed by atoms with Gasteiger partial charge >= 0.3 is 0 Å². The maximum Gasteiger partial charge on any atom is 0.121 e. The smallest absolute Gasteiger partial charge is 0.121 e. The number of nitrogens with one attached hydrogen (secondary N) is 1. The van der Waals surface area contributed by atoms with Gasteiger partial charge in [0, 0.05) is 18.7 Å². The minimum absolute atomic E-state index is 0.157. The van der Waals surface area contributed by atoms with Gasteiger partial charge in [0.1, 0.15) is 5.75 Å². The summed E-state index contributed by atoms with van der Waals surface area (Å²) < 4.78 is 5.08. The lowest BCUT2D eigenvalue weighted by molar-refractivity contribution is 0.226. The van der Waals surface area contributed by atoms with E-state index < -0.39 is 0 Å². The van der Waals surface area contributed by atoms with E-state index in [1.165, 1.54) is 0 Å². The first-order chi connectivity index (χ1) is 7.58. The zero-order valence-corrected chi connectivity index (χ0v) is 10.0. The first-order valence-corrected chi connectivity index (χ1v) is 5.39. The summed E-state index contributed by atoms with van der Waals surface area (Å²) in [7, 11) is 1.61. The molecule has 0 aromatic heterocycles. The van der Waals surface area contributed by atoms with E-state index in [0.29, 0.717) is 5.69 Å². The summed E-state index contributed by atoms with van der Waals surface area (Å²) in [6.45, 7) is 4.16. The Hall–Kier alpha value is -1.42. The van der Waals surface area contributed by atoms with Crippen molar-refractivity contribution in [3.8, 4) is 5.75 Å². The lowest BCUT2D eigenvalue weighted by Gasteiger charge is -2.21. The Morgan fingerprint density at radius 2 is 2.12 bits per heavy atom. The fourth-order valence-electron chi connectivity index (χ4n) is 1.34. The maximum atomic E-state index is 9.04. The predicted octanol–water partition coefficient (Wildman–Crippen LogP) is 1.71. The second kappa shape index (κ2) is 5.61. The van der Waals surface area contributed by atoms with Gasteiger partial charge in [-0.25, -0.2) is 0 Å². The van der Waals surface area contributed by atoms with Crippen molar-refractivity contribution in [3.63, 3.8) is 0 Å². The van der Waals surface area contributed by atoms with Crippen molar-refractivity contribution in [2.45, 2.75) is 19.9 Å². The van der Waals surface area contributed by atoms with Crippen LogP contribution in [0.1, 0.15) is 13.8 Å². The quantitative estimate of drug-likeness (QED) is 0.666. The van der Waals surface area contributed by atoms with Crippen LogP contribution in [-0.4, -0.2) is 24.9 Å². The largest absolute Gasteiger partial charge is 0.497 e. The van der Waals surface area contributed by atoms with E-state index in [9.17, 15) is 0 Å². The Morgan fingerprint density at radius 1 is 1.44 bits per heavy atom. The average molecular weight is 224 g/mol. The zero-order valence-electron chi connectivity index (χ0n) is 10.0. The number of rotatable bonds is 5. The van der Waals surface area contributed by atoms with Gasteiger partial charge in [0.15, 0.2) is 0 Å². The molecule has 0 bridgehead atoms. The molecule has 1 aromatic rings. The van der Waals surface area contributed by atoms with Crippen LogP contribution in [0.5, 0.6) is 5.75 Å². The fourth-order valence-corrected chi connectivity index (χ4v) is 1.34. The van der Waals surface area contributed by atoms with Crippen molar-refractivity contribution < 1.29 is 9.84 Å². The minimum Gasteiger partial charge on any atom is -0.497 e. The Kier molecular flexibility index (Phi) is 4.43. The van der Waals surface area contributed by atoms with E-state index in [4.69, 9.17) is 15.6 Å². The van der Waals surface area contributed by atoms with Crippen LogP contribution in [0.3, 0.4) is 0 Å². The van der Waals surface area contributed by atoms with Crippen LogP contribution in [0.25, 0.3) is 0 Å². The molecule has 0 spiro atoms. The molecule has 4 N–H and O–H groups in total. The molecule has 0 saturated heterocycles. The number of nitrogens with two attached hydrogens (primary N) is 1. The zero-order chi connectivity index (χ0) is 12.1. The van der Waals surface area contributed by atoms with Gasteiger partial charge in [-0.15, -0.1) is 0 Å². The van der Waals surface area contributed by atoms with Crippen molar-refractivity contribution in [3.05, 3.63) is 18.2 Å². The Balaban J connectivity index is 2.74. The molecule has 0 aliphatic rings. The minimum atomic E-state index is 0.157. The van der Waals surface area contributed by atoms with Gasteiger partial charge in [-0.1, -0.05) is 6.92 Å². The highest BCUT2D eigenvalue weighted by Gasteiger charge is 2.12. The summed E-state index contributed by atoms with van der Waals surface area (Å²) >= 11 is 0. The molecule has 0 aliphatic heterocycles. The Morgan fingerprint density at radius 3 is 2.62 bits per heavy atom. The second-order valence-corrected chi connectivity index (χ2v) is 4.05. The van der Waals surface area contributed by atoms with Gasteiger partial charge in [0.25, 0.3) is 0 Å². The van der Waals surface area contributed by atoms with Gasteiger partial charge in [0.05, 0.1) is 18.5 Å². The number of hydrogen-bond acceptors (Lipinski definition) is 4. The first-order valence-electron chi connectivity index (χ1n) is 5.39. The topological polar surface area (TPSA) is 67.5 Å².